The normalized spacial score (nSPS) is 12.0. The van der Waals surface area contributed by atoms with Crippen molar-refractivity contribution in [2.45, 2.75) is 19.4 Å². The lowest BCUT2D eigenvalue weighted by Gasteiger charge is -2.10. The molecule has 3 nitrogen and oxygen atoms in total. The molecule has 0 aromatic carbocycles. The van der Waals surface area contributed by atoms with E-state index in [-0.39, 0.29) is 6.04 Å². The van der Waals surface area contributed by atoms with E-state index in [1.807, 2.05) is 0 Å². The lowest BCUT2D eigenvalue weighted by atomic mass is 10.1. The van der Waals surface area contributed by atoms with E-state index in [2.05, 4.69) is 28.1 Å². The van der Waals surface area contributed by atoms with Gasteiger partial charge in [-0.25, -0.2) is 9.97 Å². The summed E-state index contributed by atoms with van der Waals surface area (Å²) in [5, 5.41) is 3.22. The number of rotatable bonds is 4. The maximum atomic E-state index is 5.38. The number of nitrogens with one attached hydrogen (secondary N) is 1. The van der Waals surface area contributed by atoms with Crippen molar-refractivity contribution in [2.24, 2.45) is 0 Å². The third kappa shape index (κ3) is 2.85. The van der Waals surface area contributed by atoms with Crippen LogP contribution in [-0.4, -0.2) is 16.5 Å². The molecule has 1 N–H and O–H groups in total. The molecule has 3 heteroatoms. The van der Waals surface area contributed by atoms with Crippen LogP contribution in [0.25, 0.3) is 0 Å². The summed E-state index contributed by atoms with van der Waals surface area (Å²) >= 11 is 0. The number of hydrogen-bond donors (Lipinski definition) is 1. The zero-order valence-electron chi connectivity index (χ0n) is 7.70. The topological polar surface area (TPSA) is 37.8 Å². The summed E-state index contributed by atoms with van der Waals surface area (Å²) in [5.74, 6) is 2.66. The van der Waals surface area contributed by atoms with Crippen molar-refractivity contribution in [1.29, 1.82) is 0 Å². The zero-order valence-corrected chi connectivity index (χ0v) is 7.70. The second-order valence-corrected chi connectivity index (χ2v) is 2.73. The molecule has 0 fully saturated rings. The third-order valence-corrected chi connectivity index (χ3v) is 1.68. The Balaban J connectivity index is 2.63. The van der Waals surface area contributed by atoms with Gasteiger partial charge in [-0.15, -0.1) is 6.42 Å². The first kappa shape index (κ1) is 9.69. The van der Waals surface area contributed by atoms with Crippen molar-refractivity contribution in [2.75, 3.05) is 6.54 Å². The Morgan fingerprint density at radius 1 is 1.54 bits per heavy atom. The Morgan fingerprint density at radius 3 is 2.77 bits per heavy atom. The van der Waals surface area contributed by atoms with Gasteiger partial charge < -0.3 is 0 Å². The molecule has 0 aliphatic rings. The molecule has 1 heterocycles. The van der Waals surface area contributed by atoms with E-state index < -0.39 is 0 Å². The minimum atomic E-state index is -0.0684. The highest BCUT2D eigenvalue weighted by molar-refractivity contribution is 5.19. The van der Waals surface area contributed by atoms with Crippen molar-refractivity contribution in [3.8, 4) is 12.3 Å². The van der Waals surface area contributed by atoms with E-state index in [1.54, 1.807) is 12.4 Å². The molecule has 0 aliphatic heterocycles. The van der Waals surface area contributed by atoms with Crippen molar-refractivity contribution in [3.05, 3.63) is 24.3 Å². The molecule has 0 radical (unpaired) electrons. The zero-order chi connectivity index (χ0) is 9.52. The van der Waals surface area contributed by atoms with Gasteiger partial charge in [-0.1, -0.05) is 12.8 Å². The molecule has 0 spiro atoms. The van der Waals surface area contributed by atoms with Crippen LogP contribution in [0, 0.1) is 12.3 Å². The summed E-state index contributed by atoms with van der Waals surface area (Å²) in [7, 11) is 0. The lowest BCUT2D eigenvalue weighted by molar-refractivity contribution is 0.623. The van der Waals surface area contributed by atoms with Crippen molar-refractivity contribution >= 4 is 0 Å². The molecular weight excluding hydrogens is 162 g/mol. The van der Waals surface area contributed by atoms with Crippen LogP contribution in [0.5, 0.6) is 0 Å². The number of nitrogens with zero attached hydrogens (tertiary/aromatic N) is 2. The summed E-state index contributed by atoms with van der Waals surface area (Å²) in [4.78, 5) is 7.83. The van der Waals surface area contributed by atoms with Gasteiger partial charge in [0.05, 0.1) is 6.04 Å². The molecule has 1 rings (SSSR count). The molecule has 0 amide bonds. The number of hydrogen-bond acceptors (Lipinski definition) is 3. The summed E-state index contributed by atoms with van der Waals surface area (Å²) in [6.45, 7) is 3.01. The Labute approximate surface area is 78.6 Å². The average Bonchev–Trinajstić information content (AvgIpc) is 2.21. The molecule has 0 bridgehead atoms. The second kappa shape index (κ2) is 5.28. The first-order chi connectivity index (χ1) is 6.38. The van der Waals surface area contributed by atoms with Gasteiger partial charge in [-0.3, -0.25) is 5.32 Å². The quantitative estimate of drug-likeness (QED) is 0.697. The molecule has 0 saturated heterocycles. The van der Waals surface area contributed by atoms with Gasteiger partial charge in [0, 0.05) is 18.0 Å². The van der Waals surface area contributed by atoms with Gasteiger partial charge in [0.2, 0.25) is 0 Å². The van der Waals surface area contributed by atoms with E-state index >= 15 is 0 Å². The van der Waals surface area contributed by atoms with Crippen molar-refractivity contribution < 1.29 is 0 Å². The third-order valence-electron chi connectivity index (χ3n) is 1.68. The molecule has 0 aliphatic carbocycles. The Hall–Kier alpha value is -1.40. The van der Waals surface area contributed by atoms with Crippen LogP contribution in [0.15, 0.2) is 18.7 Å². The van der Waals surface area contributed by atoms with Gasteiger partial charge in [0.15, 0.2) is 0 Å². The molecule has 1 unspecified atom stereocenters. The van der Waals surface area contributed by atoms with Crippen LogP contribution < -0.4 is 5.32 Å². The summed E-state index contributed by atoms with van der Waals surface area (Å²) in [6, 6.07) is -0.0684. The first-order valence-electron chi connectivity index (χ1n) is 4.33. The molecule has 68 valence electrons. The lowest BCUT2D eigenvalue weighted by Crippen LogP contribution is -2.20. The number of aromatic nitrogens is 2. The van der Waals surface area contributed by atoms with E-state index in [0.29, 0.717) is 0 Å². The van der Waals surface area contributed by atoms with Gasteiger partial charge >= 0.3 is 0 Å². The van der Waals surface area contributed by atoms with E-state index in [1.165, 1.54) is 6.33 Å². The maximum Gasteiger partial charge on any atom is 0.115 e. The fraction of sp³-hybridized carbons (Fsp3) is 0.400. The standard InChI is InChI=1S/C10H13N3/c1-3-5-13-10(4-2)9-6-11-8-12-7-9/h2,6-8,10,13H,3,5H2,1H3. The second-order valence-electron chi connectivity index (χ2n) is 2.73. The van der Waals surface area contributed by atoms with Gasteiger partial charge in [0.25, 0.3) is 0 Å². The predicted molar refractivity (Wildman–Crippen MR) is 51.9 cm³/mol. The van der Waals surface area contributed by atoms with E-state index in [4.69, 9.17) is 6.42 Å². The summed E-state index contributed by atoms with van der Waals surface area (Å²) in [6.07, 6.45) is 11.4. The summed E-state index contributed by atoms with van der Waals surface area (Å²) < 4.78 is 0. The molecule has 1 aromatic rings. The van der Waals surface area contributed by atoms with Gasteiger partial charge in [-0.2, -0.15) is 0 Å². The minimum Gasteiger partial charge on any atom is -0.300 e. The highest BCUT2D eigenvalue weighted by Crippen LogP contribution is 2.07. The summed E-state index contributed by atoms with van der Waals surface area (Å²) in [5.41, 5.74) is 0.943. The van der Waals surface area contributed by atoms with Crippen LogP contribution >= 0.6 is 0 Å². The Kier molecular flexibility index (Phi) is 3.94. The average molecular weight is 175 g/mol. The smallest absolute Gasteiger partial charge is 0.115 e. The molecule has 13 heavy (non-hydrogen) atoms. The van der Waals surface area contributed by atoms with Crippen molar-refractivity contribution in [1.82, 2.24) is 15.3 Å². The molecular formula is C10H13N3. The van der Waals surface area contributed by atoms with Gasteiger partial charge in [0.1, 0.15) is 6.33 Å². The fourth-order valence-corrected chi connectivity index (χ4v) is 1.02. The van der Waals surface area contributed by atoms with Crippen LogP contribution in [-0.2, 0) is 0 Å². The highest BCUT2D eigenvalue weighted by atomic mass is 14.9. The number of terminal acetylenes is 1. The van der Waals surface area contributed by atoms with Crippen LogP contribution in [0.3, 0.4) is 0 Å². The minimum absolute atomic E-state index is 0.0684. The SMILES string of the molecule is C#CC(NCCC)c1cncnc1. The fourth-order valence-electron chi connectivity index (χ4n) is 1.02. The van der Waals surface area contributed by atoms with E-state index in [9.17, 15) is 0 Å². The first-order valence-corrected chi connectivity index (χ1v) is 4.33. The van der Waals surface area contributed by atoms with Crippen LogP contribution in [0.1, 0.15) is 24.9 Å². The Bertz CT molecular complexity index is 276. The molecule has 0 saturated carbocycles. The predicted octanol–water partition coefficient (Wildman–Crippen LogP) is 1.15. The Morgan fingerprint density at radius 2 is 2.23 bits per heavy atom. The molecule has 1 atom stereocenters. The highest BCUT2D eigenvalue weighted by Gasteiger charge is 2.05. The van der Waals surface area contributed by atoms with Crippen LogP contribution in [0.2, 0.25) is 0 Å². The molecule has 1 aromatic heterocycles. The van der Waals surface area contributed by atoms with Crippen LogP contribution in [0.4, 0.5) is 0 Å². The monoisotopic (exact) mass is 175 g/mol. The largest absolute Gasteiger partial charge is 0.300 e. The van der Waals surface area contributed by atoms with Gasteiger partial charge in [-0.05, 0) is 13.0 Å². The van der Waals surface area contributed by atoms with E-state index in [0.717, 1.165) is 18.5 Å². The van der Waals surface area contributed by atoms with Crippen molar-refractivity contribution in [3.63, 3.8) is 0 Å². The maximum absolute atomic E-state index is 5.38.